The van der Waals surface area contributed by atoms with Crippen LogP contribution in [0.15, 0.2) is 28.5 Å². The topological polar surface area (TPSA) is 77.6 Å². The second-order valence-corrected chi connectivity index (χ2v) is 5.73. The maximum atomic E-state index is 12.2. The van der Waals surface area contributed by atoms with Gasteiger partial charge in [-0.15, -0.1) is 16.4 Å². The fourth-order valence-corrected chi connectivity index (χ4v) is 2.81. The molecule has 3 rings (SSSR count). The molecule has 0 saturated heterocycles. The molecule has 7 nitrogen and oxygen atoms in total. The van der Waals surface area contributed by atoms with Crippen LogP contribution >= 0.6 is 11.3 Å². The van der Waals surface area contributed by atoms with Crippen LogP contribution in [0.2, 0.25) is 0 Å². The summed E-state index contributed by atoms with van der Waals surface area (Å²) in [6.07, 6.45) is 2.53. The highest BCUT2D eigenvalue weighted by Gasteiger charge is 2.08. The van der Waals surface area contributed by atoms with Crippen LogP contribution in [0.25, 0.3) is 11.0 Å². The number of thiophene rings is 1. The lowest BCUT2D eigenvalue weighted by Gasteiger charge is -2.05. The smallest absolute Gasteiger partial charge is 0.280 e. The summed E-state index contributed by atoms with van der Waals surface area (Å²) in [6, 6.07) is 4.18. The molecule has 8 heteroatoms. The number of nitrogens with zero attached hydrogens (tertiary/aromatic N) is 5. The Balaban J connectivity index is 1.56. The maximum Gasteiger partial charge on any atom is 0.280 e. The highest BCUT2D eigenvalue weighted by molar-refractivity contribution is 7.09. The minimum absolute atomic E-state index is 0.145. The van der Waals surface area contributed by atoms with Gasteiger partial charge in [0.15, 0.2) is 5.65 Å². The third-order valence-corrected chi connectivity index (χ3v) is 4.18. The molecular weight excluding hydrogens is 288 g/mol. The van der Waals surface area contributed by atoms with Crippen molar-refractivity contribution in [2.45, 2.75) is 13.0 Å². The van der Waals surface area contributed by atoms with Gasteiger partial charge < -0.3 is 5.32 Å². The third-order valence-electron chi connectivity index (χ3n) is 3.25. The van der Waals surface area contributed by atoms with E-state index in [4.69, 9.17) is 0 Å². The molecule has 0 aliphatic carbocycles. The van der Waals surface area contributed by atoms with E-state index in [2.05, 4.69) is 38.2 Å². The summed E-state index contributed by atoms with van der Waals surface area (Å²) < 4.78 is 2.93. The Morgan fingerprint density at radius 1 is 1.38 bits per heavy atom. The molecule has 0 radical (unpaired) electrons. The number of hydrogen-bond acceptors (Lipinski definition) is 6. The molecule has 0 unspecified atom stereocenters. The van der Waals surface area contributed by atoms with Gasteiger partial charge in [-0.1, -0.05) is 11.3 Å². The second kappa shape index (κ2) is 6.15. The Bertz CT molecular complexity index is 776. The summed E-state index contributed by atoms with van der Waals surface area (Å²) in [5.41, 5.74) is 0.370. The number of fused-ring (bicyclic) bond motifs is 1. The lowest BCUT2D eigenvalue weighted by molar-refractivity contribution is 0.513. The summed E-state index contributed by atoms with van der Waals surface area (Å²) in [6.45, 7) is 2.07. The fourth-order valence-electron chi connectivity index (χ4n) is 2.10. The molecule has 0 aliphatic heterocycles. The van der Waals surface area contributed by atoms with Gasteiger partial charge in [0.05, 0.1) is 12.7 Å². The van der Waals surface area contributed by atoms with Gasteiger partial charge in [0, 0.05) is 25.0 Å². The van der Waals surface area contributed by atoms with Crippen LogP contribution in [0.1, 0.15) is 4.88 Å². The number of hydrogen-bond donors (Lipinski definition) is 1. The minimum atomic E-state index is -0.145. The molecule has 0 fully saturated rings. The average molecular weight is 304 g/mol. The first kappa shape index (κ1) is 13.9. The minimum Gasteiger partial charge on any atom is -0.315 e. The van der Waals surface area contributed by atoms with Crippen molar-refractivity contribution in [1.82, 2.24) is 30.1 Å². The fraction of sp³-hybridized carbons (Fsp3) is 0.385. The molecule has 0 atom stereocenters. The molecular formula is C13H16N6OS. The van der Waals surface area contributed by atoms with Crippen LogP contribution in [-0.4, -0.2) is 37.9 Å². The standard InChI is InChI=1S/C13H16N6OS/c1-18-12-11(9-15-18)13(20)19(17-16-12)7-6-14-5-4-10-3-2-8-21-10/h2-3,8-9,14H,4-7H2,1H3. The Morgan fingerprint density at radius 3 is 3.10 bits per heavy atom. The molecule has 0 saturated carbocycles. The van der Waals surface area contributed by atoms with Gasteiger partial charge in [-0.2, -0.15) is 5.10 Å². The Kier molecular flexibility index (Phi) is 4.07. The van der Waals surface area contributed by atoms with Gasteiger partial charge in [-0.25, -0.2) is 9.36 Å². The zero-order chi connectivity index (χ0) is 14.7. The number of aromatic nitrogens is 5. The predicted molar refractivity (Wildman–Crippen MR) is 81.5 cm³/mol. The van der Waals surface area contributed by atoms with Crippen molar-refractivity contribution in [2.75, 3.05) is 13.1 Å². The van der Waals surface area contributed by atoms with Gasteiger partial charge in [0.25, 0.3) is 5.56 Å². The molecule has 21 heavy (non-hydrogen) atoms. The maximum absolute atomic E-state index is 12.2. The zero-order valence-corrected chi connectivity index (χ0v) is 12.5. The van der Waals surface area contributed by atoms with E-state index in [1.807, 2.05) is 0 Å². The van der Waals surface area contributed by atoms with Crippen molar-refractivity contribution in [3.05, 3.63) is 38.9 Å². The van der Waals surface area contributed by atoms with Crippen molar-refractivity contribution in [1.29, 1.82) is 0 Å². The first-order chi connectivity index (χ1) is 10.3. The van der Waals surface area contributed by atoms with Gasteiger partial charge >= 0.3 is 0 Å². The molecule has 0 spiro atoms. The summed E-state index contributed by atoms with van der Waals surface area (Å²) in [5.74, 6) is 0. The molecule has 0 amide bonds. The van der Waals surface area contributed by atoms with E-state index < -0.39 is 0 Å². The largest absolute Gasteiger partial charge is 0.315 e. The van der Waals surface area contributed by atoms with E-state index in [0.717, 1.165) is 13.0 Å². The van der Waals surface area contributed by atoms with E-state index in [1.165, 1.54) is 15.8 Å². The Morgan fingerprint density at radius 2 is 2.29 bits per heavy atom. The van der Waals surface area contributed by atoms with Crippen molar-refractivity contribution >= 4 is 22.4 Å². The van der Waals surface area contributed by atoms with Crippen LogP contribution in [0.3, 0.4) is 0 Å². The Labute approximate surface area is 125 Å². The van der Waals surface area contributed by atoms with Crippen molar-refractivity contribution in [3.63, 3.8) is 0 Å². The lowest BCUT2D eigenvalue weighted by Crippen LogP contribution is -2.30. The van der Waals surface area contributed by atoms with Crippen LogP contribution in [0.5, 0.6) is 0 Å². The number of aryl methyl sites for hydroxylation is 1. The summed E-state index contributed by atoms with van der Waals surface area (Å²) in [5, 5.41) is 17.9. The molecule has 110 valence electrons. The van der Waals surface area contributed by atoms with Gasteiger partial charge in [-0.05, 0) is 17.9 Å². The molecule has 0 bridgehead atoms. The van der Waals surface area contributed by atoms with E-state index in [9.17, 15) is 4.79 Å². The highest BCUT2D eigenvalue weighted by atomic mass is 32.1. The van der Waals surface area contributed by atoms with Crippen molar-refractivity contribution in [2.24, 2.45) is 7.05 Å². The Hall–Kier alpha value is -2.06. The van der Waals surface area contributed by atoms with Gasteiger partial charge in [-0.3, -0.25) is 4.79 Å². The van der Waals surface area contributed by atoms with Crippen LogP contribution in [0, 0.1) is 0 Å². The van der Waals surface area contributed by atoms with Gasteiger partial charge in [0.2, 0.25) is 0 Å². The second-order valence-electron chi connectivity index (χ2n) is 4.70. The molecule has 0 aromatic carbocycles. The first-order valence-corrected chi connectivity index (χ1v) is 7.62. The third kappa shape index (κ3) is 3.01. The SMILES string of the molecule is Cn1ncc2c(=O)n(CCNCCc3cccs3)nnc21. The molecule has 3 aromatic rings. The highest BCUT2D eigenvalue weighted by Crippen LogP contribution is 2.07. The quantitative estimate of drug-likeness (QED) is 0.668. The molecule has 3 heterocycles. The van der Waals surface area contributed by atoms with Gasteiger partial charge in [0.1, 0.15) is 5.39 Å². The van der Waals surface area contributed by atoms with E-state index >= 15 is 0 Å². The molecule has 1 N–H and O–H groups in total. The number of nitrogens with one attached hydrogen (secondary N) is 1. The molecule has 0 aliphatic rings. The normalized spacial score (nSPS) is 11.3. The molecule has 3 aromatic heterocycles. The predicted octanol–water partition coefficient (Wildman–Crippen LogP) is 0.419. The van der Waals surface area contributed by atoms with E-state index in [-0.39, 0.29) is 5.56 Å². The summed E-state index contributed by atoms with van der Waals surface area (Å²) >= 11 is 1.76. The van der Waals surface area contributed by atoms with E-state index in [1.54, 1.807) is 23.1 Å². The lowest BCUT2D eigenvalue weighted by atomic mass is 10.3. The van der Waals surface area contributed by atoms with Crippen LogP contribution in [0.4, 0.5) is 0 Å². The first-order valence-electron chi connectivity index (χ1n) is 6.74. The van der Waals surface area contributed by atoms with Crippen LogP contribution in [-0.2, 0) is 20.0 Å². The monoisotopic (exact) mass is 304 g/mol. The summed E-state index contributed by atoms with van der Waals surface area (Å²) in [4.78, 5) is 13.5. The van der Waals surface area contributed by atoms with Crippen LogP contribution < -0.4 is 10.9 Å². The van der Waals surface area contributed by atoms with Crippen molar-refractivity contribution < 1.29 is 0 Å². The number of rotatable bonds is 6. The van der Waals surface area contributed by atoms with Crippen molar-refractivity contribution in [3.8, 4) is 0 Å². The summed E-state index contributed by atoms with van der Waals surface area (Å²) in [7, 11) is 1.74. The van der Waals surface area contributed by atoms with E-state index in [0.29, 0.717) is 24.1 Å². The average Bonchev–Trinajstić information content (AvgIpc) is 3.11. The zero-order valence-electron chi connectivity index (χ0n) is 11.7.